The van der Waals surface area contributed by atoms with E-state index in [0.717, 1.165) is 32.5 Å². The maximum absolute atomic E-state index is 12.5. The van der Waals surface area contributed by atoms with Gasteiger partial charge in [0.05, 0.1) is 11.8 Å². The van der Waals surface area contributed by atoms with Crippen LogP contribution in [0.2, 0.25) is 0 Å². The number of carbonyl (C=O) groups excluding carboxylic acids is 1. The summed E-state index contributed by atoms with van der Waals surface area (Å²) < 4.78 is 0. The van der Waals surface area contributed by atoms with Gasteiger partial charge in [0.2, 0.25) is 5.91 Å². The van der Waals surface area contributed by atoms with E-state index in [1.165, 1.54) is 0 Å². The van der Waals surface area contributed by atoms with Crippen LogP contribution in [0.15, 0.2) is 0 Å². The van der Waals surface area contributed by atoms with E-state index >= 15 is 0 Å². The van der Waals surface area contributed by atoms with Crippen LogP contribution in [0.25, 0.3) is 0 Å². The molecule has 1 saturated heterocycles. The predicted octanol–water partition coefficient (Wildman–Crippen LogP) is 0.801. The molecule has 0 spiro atoms. The summed E-state index contributed by atoms with van der Waals surface area (Å²) in [5.74, 6) is -1.15. The molecule has 5 heteroatoms. The second-order valence-electron chi connectivity index (χ2n) is 6.47. The lowest BCUT2D eigenvalue weighted by atomic mass is 9.97. The van der Waals surface area contributed by atoms with Gasteiger partial charge in [0.25, 0.3) is 0 Å². The lowest BCUT2D eigenvalue weighted by Gasteiger charge is -2.33. The second-order valence-corrected chi connectivity index (χ2v) is 6.47. The molecule has 3 atom stereocenters. The van der Waals surface area contributed by atoms with Crippen molar-refractivity contribution in [2.24, 2.45) is 23.2 Å². The van der Waals surface area contributed by atoms with E-state index in [9.17, 15) is 9.59 Å². The quantitative estimate of drug-likeness (QED) is 0.791. The first-order chi connectivity index (χ1) is 8.89. The maximum Gasteiger partial charge on any atom is 0.307 e. The molecule has 3 unspecified atom stereocenters. The Balaban J connectivity index is 1.99. The van der Waals surface area contributed by atoms with Gasteiger partial charge in [-0.3, -0.25) is 9.59 Å². The van der Waals surface area contributed by atoms with Gasteiger partial charge in [-0.2, -0.15) is 0 Å². The molecular weight excluding hydrogens is 244 g/mol. The molecule has 1 aliphatic carbocycles. The molecule has 1 heterocycles. The van der Waals surface area contributed by atoms with E-state index in [2.05, 4.69) is 5.32 Å². The summed E-state index contributed by atoms with van der Waals surface area (Å²) in [4.78, 5) is 25.5. The highest BCUT2D eigenvalue weighted by molar-refractivity contribution is 5.91. The Kier molecular flexibility index (Phi) is 3.85. The Morgan fingerprint density at radius 1 is 1.37 bits per heavy atom. The molecule has 2 fully saturated rings. The summed E-state index contributed by atoms with van der Waals surface area (Å²) in [5.41, 5.74) is -0.390. The number of carboxylic acid groups (broad SMARTS) is 1. The molecule has 1 aliphatic heterocycles. The number of aliphatic carboxylic acids is 1. The molecular formula is C14H24N2O3. The fourth-order valence-corrected chi connectivity index (χ4v) is 3.48. The van der Waals surface area contributed by atoms with Crippen molar-refractivity contribution in [3.63, 3.8) is 0 Å². The average Bonchev–Trinajstić information content (AvgIpc) is 2.92. The predicted molar refractivity (Wildman–Crippen MR) is 71.6 cm³/mol. The number of hydrogen-bond acceptors (Lipinski definition) is 3. The number of likely N-dealkylation sites (tertiary alicyclic amines) is 1. The Morgan fingerprint density at radius 3 is 2.58 bits per heavy atom. The van der Waals surface area contributed by atoms with E-state index in [0.29, 0.717) is 5.92 Å². The topological polar surface area (TPSA) is 69.6 Å². The van der Waals surface area contributed by atoms with E-state index in [-0.39, 0.29) is 11.8 Å². The monoisotopic (exact) mass is 268 g/mol. The number of carbonyl (C=O) groups is 2. The number of hydrogen-bond donors (Lipinski definition) is 2. The van der Waals surface area contributed by atoms with Crippen LogP contribution in [-0.2, 0) is 9.59 Å². The van der Waals surface area contributed by atoms with Crippen LogP contribution in [-0.4, -0.2) is 48.6 Å². The number of nitrogens with zero attached hydrogens (tertiary/aromatic N) is 1. The van der Waals surface area contributed by atoms with Crippen molar-refractivity contribution in [2.45, 2.75) is 26.7 Å². The number of piperidine rings is 1. The Hall–Kier alpha value is -1.10. The van der Waals surface area contributed by atoms with Gasteiger partial charge in [0, 0.05) is 13.1 Å². The van der Waals surface area contributed by atoms with Gasteiger partial charge >= 0.3 is 5.97 Å². The van der Waals surface area contributed by atoms with Crippen molar-refractivity contribution >= 4 is 11.9 Å². The highest BCUT2D eigenvalue weighted by Crippen LogP contribution is 2.59. The largest absolute Gasteiger partial charge is 0.481 e. The van der Waals surface area contributed by atoms with Crippen LogP contribution in [0.5, 0.6) is 0 Å². The molecule has 2 rings (SSSR count). The Morgan fingerprint density at radius 2 is 2.05 bits per heavy atom. The van der Waals surface area contributed by atoms with Crippen molar-refractivity contribution in [3.05, 3.63) is 0 Å². The lowest BCUT2D eigenvalue weighted by molar-refractivity contribution is -0.142. The molecule has 0 aromatic heterocycles. The fourth-order valence-electron chi connectivity index (χ4n) is 3.48. The average molecular weight is 268 g/mol. The van der Waals surface area contributed by atoms with Crippen LogP contribution in [0.3, 0.4) is 0 Å². The summed E-state index contributed by atoms with van der Waals surface area (Å²) in [7, 11) is 1.92. The van der Waals surface area contributed by atoms with Crippen LogP contribution < -0.4 is 5.32 Å². The van der Waals surface area contributed by atoms with Crippen molar-refractivity contribution in [1.29, 1.82) is 0 Å². The van der Waals surface area contributed by atoms with E-state index in [4.69, 9.17) is 5.11 Å². The smallest absolute Gasteiger partial charge is 0.307 e. The molecule has 2 N–H and O–H groups in total. The standard InChI is InChI=1S/C14H24N2O3/c1-14(2)10(11(14)13(18)19)12(17)16-6-4-5-9(8-16)7-15-3/h9-11,15H,4-8H2,1-3H3,(H,18,19). The summed E-state index contributed by atoms with van der Waals surface area (Å²) in [6.45, 7) is 6.21. The number of rotatable bonds is 4. The van der Waals surface area contributed by atoms with Crippen molar-refractivity contribution in [1.82, 2.24) is 10.2 Å². The van der Waals surface area contributed by atoms with Crippen LogP contribution in [0.1, 0.15) is 26.7 Å². The van der Waals surface area contributed by atoms with Gasteiger partial charge < -0.3 is 15.3 Å². The molecule has 108 valence electrons. The Labute approximate surface area is 114 Å². The molecule has 0 aromatic rings. The molecule has 5 nitrogen and oxygen atoms in total. The van der Waals surface area contributed by atoms with Crippen LogP contribution in [0, 0.1) is 23.2 Å². The highest BCUT2D eigenvalue weighted by Gasteiger charge is 2.66. The summed E-state index contributed by atoms with van der Waals surface area (Å²) >= 11 is 0. The molecule has 0 aromatic carbocycles. The van der Waals surface area contributed by atoms with Gasteiger partial charge in [0.1, 0.15) is 0 Å². The zero-order chi connectivity index (χ0) is 14.2. The summed E-state index contributed by atoms with van der Waals surface area (Å²) in [6.07, 6.45) is 2.16. The van der Waals surface area contributed by atoms with E-state index < -0.39 is 17.3 Å². The molecule has 19 heavy (non-hydrogen) atoms. The first-order valence-corrected chi connectivity index (χ1v) is 7.05. The first-order valence-electron chi connectivity index (χ1n) is 7.05. The SMILES string of the molecule is CNCC1CCCN(C(=O)C2C(C(=O)O)C2(C)C)C1. The van der Waals surface area contributed by atoms with Gasteiger partial charge in [-0.25, -0.2) is 0 Å². The van der Waals surface area contributed by atoms with Crippen LogP contribution >= 0.6 is 0 Å². The van der Waals surface area contributed by atoms with Gasteiger partial charge in [-0.15, -0.1) is 0 Å². The van der Waals surface area contributed by atoms with Gasteiger partial charge in [-0.05, 0) is 37.8 Å². The van der Waals surface area contributed by atoms with Crippen LogP contribution in [0.4, 0.5) is 0 Å². The summed E-state index contributed by atoms with van der Waals surface area (Å²) in [6, 6.07) is 0. The minimum atomic E-state index is -0.841. The third-order valence-electron chi connectivity index (χ3n) is 4.68. The van der Waals surface area contributed by atoms with Crippen molar-refractivity contribution in [2.75, 3.05) is 26.7 Å². The number of nitrogens with one attached hydrogen (secondary N) is 1. The first kappa shape index (κ1) is 14.3. The molecule has 0 bridgehead atoms. The van der Waals surface area contributed by atoms with Crippen molar-refractivity contribution < 1.29 is 14.7 Å². The minimum absolute atomic E-state index is 0.0400. The third kappa shape index (κ3) is 2.61. The molecule has 1 saturated carbocycles. The third-order valence-corrected chi connectivity index (χ3v) is 4.68. The number of carboxylic acids is 1. The Bertz CT molecular complexity index is 379. The second kappa shape index (κ2) is 5.12. The van der Waals surface area contributed by atoms with Gasteiger partial charge in [0.15, 0.2) is 0 Å². The molecule has 0 radical (unpaired) electrons. The summed E-state index contributed by atoms with van der Waals surface area (Å²) in [5, 5.41) is 12.3. The van der Waals surface area contributed by atoms with E-state index in [1.807, 2.05) is 25.8 Å². The fraction of sp³-hybridized carbons (Fsp3) is 0.857. The lowest BCUT2D eigenvalue weighted by Crippen LogP contribution is -2.43. The maximum atomic E-state index is 12.5. The number of amides is 1. The molecule has 2 aliphatic rings. The minimum Gasteiger partial charge on any atom is -0.481 e. The van der Waals surface area contributed by atoms with Crippen molar-refractivity contribution in [3.8, 4) is 0 Å². The zero-order valence-corrected chi connectivity index (χ0v) is 12.0. The van der Waals surface area contributed by atoms with Gasteiger partial charge in [-0.1, -0.05) is 13.8 Å². The highest BCUT2D eigenvalue weighted by atomic mass is 16.4. The molecule has 1 amide bonds. The normalized spacial score (nSPS) is 33.0. The zero-order valence-electron chi connectivity index (χ0n) is 12.0. The van der Waals surface area contributed by atoms with E-state index in [1.54, 1.807) is 0 Å².